The molecule has 0 saturated carbocycles. The molecule has 0 aliphatic rings. The number of anilines is 2. The summed E-state index contributed by atoms with van der Waals surface area (Å²) in [6.45, 7) is -3.92. The summed E-state index contributed by atoms with van der Waals surface area (Å²) >= 11 is 6.37. The molecule has 0 atom stereocenters. The van der Waals surface area contributed by atoms with Gasteiger partial charge in [0.15, 0.2) is 17.5 Å². The predicted molar refractivity (Wildman–Crippen MR) is 127 cm³/mol. The van der Waals surface area contributed by atoms with Crippen LogP contribution in [0.5, 0.6) is 0 Å². The van der Waals surface area contributed by atoms with E-state index >= 15 is 0 Å². The van der Waals surface area contributed by atoms with Crippen molar-refractivity contribution in [1.29, 1.82) is 0 Å². The third-order valence-corrected chi connectivity index (χ3v) is 5.67. The summed E-state index contributed by atoms with van der Waals surface area (Å²) in [6, 6.07) is 4.01. The summed E-state index contributed by atoms with van der Waals surface area (Å²) in [7, 11) is 1.70. The SMILES string of the molecule is [2H]C([2H])([2H])n1cnc(Cn2c(=O)nc(Nc3cc4cn(C)nc4cc3Cl)n(Cc3cc(F)c(F)cc3F)c2=O)n1. The fraction of sp³-hybridized carbons (Fsp3) is 0.182. The molecule has 2 aromatic carbocycles. The highest BCUT2D eigenvalue weighted by Gasteiger charge is 2.19. The van der Waals surface area contributed by atoms with Crippen LogP contribution in [0.1, 0.15) is 15.5 Å². The first kappa shape index (κ1) is 20.7. The zero-order valence-corrected chi connectivity index (χ0v) is 19.5. The van der Waals surface area contributed by atoms with Crippen molar-refractivity contribution >= 4 is 34.1 Å². The lowest BCUT2D eigenvalue weighted by atomic mass is 10.2. The van der Waals surface area contributed by atoms with Crippen LogP contribution >= 0.6 is 11.6 Å². The Hall–Kier alpha value is -4.46. The molecule has 190 valence electrons. The van der Waals surface area contributed by atoms with Crippen molar-refractivity contribution in [3.05, 3.63) is 91.6 Å². The Bertz CT molecular complexity index is 1900. The lowest BCUT2D eigenvalue weighted by molar-refractivity contribution is 0.485. The third kappa shape index (κ3) is 4.70. The molecule has 0 spiro atoms. The van der Waals surface area contributed by atoms with Crippen molar-refractivity contribution in [2.45, 2.75) is 13.1 Å². The highest BCUT2D eigenvalue weighted by Crippen LogP contribution is 2.29. The molecule has 0 amide bonds. The van der Waals surface area contributed by atoms with Gasteiger partial charge in [-0.2, -0.15) is 15.2 Å². The molecule has 11 nitrogen and oxygen atoms in total. The summed E-state index contributed by atoms with van der Waals surface area (Å²) < 4.78 is 67.7. The van der Waals surface area contributed by atoms with Crippen molar-refractivity contribution in [1.82, 2.24) is 38.7 Å². The number of fused-ring (bicyclic) bond motifs is 1. The molecule has 0 bridgehead atoms. The van der Waals surface area contributed by atoms with Crippen molar-refractivity contribution < 1.29 is 17.3 Å². The summed E-state index contributed by atoms with van der Waals surface area (Å²) in [6.07, 6.45) is 2.60. The number of aryl methyl sites for hydroxylation is 2. The standard InChI is InChI=1S/C22H17ClF3N9O2/c1-32-7-12-4-18(13(23)5-17(12)30-32)28-20-29-21(36)35(9-19-27-10-33(2)31-19)22(37)34(20)8-11-3-15(25)16(26)6-14(11)24/h3-7,10H,8-9H2,1-2H3,(H,28,29,36)/i2D3. The van der Waals surface area contributed by atoms with E-state index in [0.29, 0.717) is 32.3 Å². The van der Waals surface area contributed by atoms with Crippen LogP contribution in [0.15, 0.2) is 46.4 Å². The molecule has 0 saturated heterocycles. The van der Waals surface area contributed by atoms with E-state index in [4.69, 9.17) is 15.7 Å². The van der Waals surface area contributed by atoms with Crippen molar-refractivity contribution in [2.24, 2.45) is 14.0 Å². The van der Waals surface area contributed by atoms with Crippen molar-refractivity contribution in [3.8, 4) is 0 Å². The summed E-state index contributed by atoms with van der Waals surface area (Å²) in [5.74, 6) is -4.52. The largest absolute Gasteiger partial charge is 0.355 e. The topological polar surface area (TPSA) is 117 Å². The average Bonchev–Trinajstić information content (AvgIpc) is 3.48. The summed E-state index contributed by atoms with van der Waals surface area (Å²) in [4.78, 5) is 34.1. The molecule has 1 N–H and O–H groups in total. The first-order valence-corrected chi connectivity index (χ1v) is 10.8. The fourth-order valence-electron chi connectivity index (χ4n) is 3.65. The van der Waals surface area contributed by atoms with Gasteiger partial charge in [0.2, 0.25) is 5.95 Å². The molecule has 0 fully saturated rings. The Kier molecular flexibility index (Phi) is 5.15. The van der Waals surface area contributed by atoms with Crippen molar-refractivity contribution in [2.75, 3.05) is 5.32 Å². The molecule has 0 radical (unpaired) electrons. The molecule has 5 rings (SSSR count). The first-order chi connectivity index (χ1) is 18.8. The normalized spacial score (nSPS) is 12.9. The Morgan fingerprint density at radius 2 is 1.78 bits per heavy atom. The van der Waals surface area contributed by atoms with Gasteiger partial charge in [-0.15, -0.1) is 0 Å². The molecule has 37 heavy (non-hydrogen) atoms. The number of nitrogens with one attached hydrogen (secondary N) is 1. The predicted octanol–water partition coefficient (Wildman–Crippen LogP) is 2.33. The van der Waals surface area contributed by atoms with Crippen molar-refractivity contribution in [3.63, 3.8) is 0 Å². The van der Waals surface area contributed by atoms with E-state index in [-0.39, 0.29) is 22.5 Å². The van der Waals surface area contributed by atoms with Crippen LogP contribution in [0.25, 0.3) is 10.9 Å². The number of hydrogen-bond acceptors (Lipinski definition) is 7. The van der Waals surface area contributed by atoms with Crippen LogP contribution in [0.4, 0.5) is 24.8 Å². The lowest BCUT2D eigenvalue weighted by Crippen LogP contribution is -2.43. The number of nitrogens with zero attached hydrogens (tertiary/aromatic N) is 8. The van der Waals surface area contributed by atoms with Gasteiger partial charge in [0.25, 0.3) is 0 Å². The van der Waals surface area contributed by atoms with Crippen LogP contribution in [0.2, 0.25) is 5.02 Å². The van der Waals surface area contributed by atoms with E-state index in [2.05, 4.69) is 25.5 Å². The van der Waals surface area contributed by atoms with Gasteiger partial charge in [-0.25, -0.2) is 32.3 Å². The van der Waals surface area contributed by atoms with Crippen LogP contribution in [0.3, 0.4) is 0 Å². The molecule has 3 heterocycles. The Balaban J connectivity index is 1.62. The van der Waals surface area contributed by atoms with E-state index in [1.54, 1.807) is 24.0 Å². The molecule has 0 aliphatic carbocycles. The number of hydrogen-bond donors (Lipinski definition) is 1. The van der Waals surface area contributed by atoms with E-state index in [1.807, 2.05) is 0 Å². The van der Waals surface area contributed by atoms with Gasteiger partial charge in [-0.1, -0.05) is 11.6 Å². The van der Waals surface area contributed by atoms with Gasteiger partial charge in [-0.3, -0.25) is 13.9 Å². The van der Waals surface area contributed by atoms with Gasteiger partial charge in [0.1, 0.15) is 12.1 Å². The fourth-order valence-corrected chi connectivity index (χ4v) is 3.86. The van der Waals surface area contributed by atoms with Gasteiger partial charge in [0, 0.05) is 41.3 Å². The van der Waals surface area contributed by atoms with Crippen LogP contribution in [-0.2, 0) is 27.1 Å². The Morgan fingerprint density at radius 3 is 2.54 bits per heavy atom. The first-order valence-electron chi connectivity index (χ1n) is 12.0. The summed E-state index contributed by atoms with van der Waals surface area (Å²) in [5, 5.41) is 11.6. The number of halogens is 4. The van der Waals surface area contributed by atoms with E-state index in [1.165, 1.54) is 6.07 Å². The second-order valence-electron chi connectivity index (χ2n) is 7.95. The average molecular weight is 535 g/mol. The maximum atomic E-state index is 14.6. The van der Waals surface area contributed by atoms with Crippen LogP contribution in [-0.4, -0.2) is 38.7 Å². The second-order valence-corrected chi connectivity index (χ2v) is 8.36. The van der Waals surface area contributed by atoms with Gasteiger partial charge >= 0.3 is 11.4 Å². The Labute approximate surface area is 214 Å². The molecule has 15 heteroatoms. The minimum atomic E-state index is -2.65. The van der Waals surface area contributed by atoms with E-state index < -0.39 is 54.5 Å². The third-order valence-electron chi connectivity index (χ3n) is 5.36. The molecule has 5 aromatic rings. The molecule has 0 aliphatic heterocycles. The molecular weight excluding hydrogens is 515 g/mol. The highest BCUT2D eigenvalue weighted by molar-refractivity contribution is 6.34. The number of aromatic nitrogens is 8. The van der Waals surface area contributed by atoms with Gasteiger partial charge in [-0.05, 0) is 18.2 Å². The van der Waals surface area contributed by atoms with E-state index in [9.17, 15) is 22.8 Å². The van der Waals surface area contributed by atoms with Crippen LogP contribution < -0.4 is 16.7 Å². The van der Waals surface area contributed by atoms with E-state index in [0.717, 1.165) is 10.9 Å². The Morgan fingerprint density at radius 1 is 1.00 bits per heavy atom. The lowest BCUT2D eigenvalue weighted by Gasteiger charge is -2.16. The molecule has 0 unspecified atom stereocenters. The quantitative estimate of drug-likeness (QED) is 0.332. The maximum absolute atomic E-state index is 14.6. The minimum Gasteiger partial charge on any atom is -0.324 e. The smallest absolute Gasteiger partial charge is 0.324 e. The van der Waals surface area contributed by atoms with Gasteiger partial charge in [0.05, 0.1) is 29.3 Å². The second kappa shape index (κ2) is 9.20. The zero-order chi connectivity index (χ0) is 28.9. The highest BCUT2D eigenvalue weighted by atomic mass is 35.5. The van der Waals surface area contributed by atoms with Crippen LogP contribution in [0, 0.1) is 17.5 Å². The molecular formula is C22H17ClF3N9O2. The zero-order valence-electron chi connectivity index (χ0n) is 21.8. The number of benzene rings is 2. The number of rotatable bonds is 6. The minimum absolute atomic E-state index is 0.148. The summed E-state index contributed by atoms with van der Waals surface area (Å²) in [5.41, 5.74) is -1.79. The molecule has 3 aromatic heterocycles. The monoisotopic (exact) mass is 534 g/mol. The van der Waals surface area contributed by atoms with Gasteiger partial charge < -0.3 is 5.32 Å². The maximum Gasteiger partial charge on any atom is 0.355 e.